The van der Waals surface area contributed by atoms with Crippen LogP contribution in [0.15, 0.2) is 12.1 Å². The SMILES string of the molecule is CCOc1cc(C2(C(=O)O)CCCCC2)cc(O)c1OC. The van der Waals surface area contributed by atoms with E-state index in [1.54, 1.807) is 6.07 Å². The quantitative estimate of drug-likeness (QED) is 0.872. The summed E-state index contributed by atoms with van der Waals surface area (Å²) >= 11 is 0. The molecule has 5 heteroatoms. The molecule has 0 spiro atoms. The van der Waals surface area contributed by atoms with Crippen LogP contribution in [0.2, 0.25) is 0 Å². The minimum atomic E-state index is -0.937. The van der Waals surface area contributed by atoms with Gasteiger partial charge in [-0.2, -0.15) is 0 Å². The highest BCUT2D eigenvalue weighted by atomic mass is 16.5. The number of phenols is 1. The third kappa shape index (κ3) is 2.77. The van der Waals surface area contributed by atoms with Gasteiger partial charge in [-0.3, -0.25) is 4.79 Å². The lowest BCUT2D eigenvalue weighted by Gasteiger charge is -2.34. The molecule has 0 amide bonds. The molecule has 116 valence electrons. The van der Waals surface area contributed by atoms with Gasteiger partial charge in [0.2, 0.25) is 5.75 Å². The van der Waals surface area contributed by atoms with Crippen molar-refractivity contribution in [1.29, 1.82) is 0 Å². The van der Waals surface area contributed by atoms with Crippen LogP contribution in [0.3, 0.4) is 0 Å². The van der Waals surface area contributed by atoms with Gasteiger partial charge < -0.3 is 19.7 Å². The molecule has 1 aromatic carbocycles. The van der Waals surface area contributed by atoms with E-state index in [2.05, 4.69) is 0 Å². The second-order valence-electron chi connectivity index (χ2n) is 5.41. The van der Waals surface area contributed by atoms with Gasteiger partial charge in [0.1, 0.15) is 0 Å². The molecular weight excluding hydrogens is 272 g/mol. The van der Waals surface area contributed by atoms with Crippen molar-refractivity contribution in [2.24, 2.45) is 0 Å². The Bertz CT molecular complexity index is 518. The molecule has 0 saturated heterocycles. The number of hydrogen-bond donors (Lipinski definition) is 2. The third-order valence-electron chi connectivity index (χ3n) is 4.21. The molecule has 0 radical (unpaired) electrons. The Labute approximate surface area is 124 Å². The lowest BCUT2D eigenvalue weighted by molar-refractivity contribution is -0.145. The van der Waals surface area contributed by atoms with Crippen LogP contribution in [-0.2, 0) is 10.2 Å². The summed E-state index contributed by atoms with van der Waals surface area (Å²) in [7, 11) is 1.45. The van der Waals surface area contributed by atoms with Crippen molar-refractivity contribution < 1.29 is 24.5 Å². The van der Waals surface area contributed by atoms with E-state index in [-0.39, 0.29) is 11.5 Å². The average Bonchev–Trinajstić information content (AvgIpc) is 2.48. The number of carboxylic acids is 1. The second-order valence-corrected chi connectivity index (χ2v) is 5.41. The van der Waals surface area contributed by atoms with Gasteiger partial charge in [0.05, 0.1) is 19.1 Å². The van der Waals surface area contributed by atoms with Crippen molar-refractivity contribution in [2.45, 2.75) is 44.4 Å². The minimum absolute atomic E-state index is 0.0790. The fourth-order valence-corrected chi connectivity index (χ4v) is 3.11. The summed E-state index contributed by atoms with van der Waals surface area (Å²) in [5.41, 5.74) is -0.343. The molecule has 21 heavy (non-hydrogen) atoms. The highest BCUT2D eigenvalue weighted by Crippen LogP contribution is 2.46. The molecule has 1 fully saturated rings. The number of phenolic OH excluding ortho intramolecular Hbond substituents is 1. The number of carboxylic acid groups (broad SMARTS) is 1. The molecule has 0 aromatic heterocycles. The first-order chi connectivity index (χ1) is 10.0. The Morgan fingerprint density at radius 1 is 1.29 bits per heavy atom. The summed E-state index contributed by atoms with van der Waals surface area (Å²) in [4.78, 5) is 11.9. The number of hydrogen-bond acceptors (Lipinski definition) is 4. The summed E-state index contributed by atoms with van der Waals surface area (Å²) < 4.78 is 10.6. The second kappa shape index (κ2) is 6.24. The first-order valence-electron chi connectivity index (χ1n) is 7.33. The number of ether oxygens (including phenoxy) is 2. The maximum absolute atomic E-state index is 11.9. The molecule has 2 rings (SSSR count). The van der Waals surface area contributed by atoms with Crippen molar-refractivity contribution in [3.8, 4) is 17.2 Å². The number of rotatable bonds is 5. The Hall–Kier alpha value is -1.91. The highest BCUT2D eigenvalue weighted by molar-refractivity contribution is 5.82. The summed E-state index contributed by atoms with van der Waals surface area (Å²) in [5, 5.41) is 19.9. The van der Waals surface area contributed by atoms with E-state index in [4.69, 9.17) is 9.47 Å². The van der Waals surface area contributed by atoms with E-state index in [0.29, 0.717) is 30.8 Å². The van der Waals surface area contributed by atoms with E-state index in [1.165, 1.54) is 13.2 Å². The predicted molar refractivity (Wildman–Crippen MR) is 78.2 cm³/mol. The van der Waals surface area contributed by atoms with Crippen LogP contribution in [0, 0.1) is 0 Å². The largest absolute Gasteiger partial charge is 0.504 e. The number of benzene rings is 1. The maximum atomic E-state index is 11.9. The molecule has 1 aliphatic carbocycles. The summed E-state index contributed by atoms with van der Waals surface area (Å²) in [6.07, 6.45) is 3.97. The Balaban J connectivity index is 2.53. The van der Waals surface area contributed by atoms with Crippen LogP contribution in [0.1, 0.15) is 44.6 Å². The average molecular weight is 294 g/mol. The molecule has 0 unspecified atom stereocenters. The van der Waals surface area contributed by atoms with Crippen molar-refractivity contribution in [1.82, 2.24) is 0 Å². The van der Waals surface area contributed by atoms with Crippen LogP contribution >= 0.6 is 0 Å². The fraction of sp³-hybridized carbons (Fsp3) is 0.562. The Morgan fingerprint density at radius 3 is 2.48 bits per heavy atom. The fourth-order valence-electron chi connectivity index (χ4n) is 3.11. The van der Waals surface area contributed by atoms with Gasteiger partial charge >= 0.3 is 5.97 Å². The smallest absolute Gasteiger partial charge is 0.314 e. The van der Waals surface area contributed by atoms with Gasteiger partial charge in [-0.15, -0.1) is 0 Å². The summed E-state index contributed by atoms with van der Waals surface area (Å²) in [5.74, 6) is -0.281. The minimum Gasteiger partial charge on any atom is -0.504 e. The van der Waals surface area contributed by atoms with Crippen LogP contribution in [-0.4, -0.2) is 29.9 Å². The molecule has 0 atom stereocenters. The van der Waals surface area contributed by atoms with E-state index < -0.39 is 11.4 Å². The number of aliphatic carboxylic acids is 1. The molecular formula is C16H22O5. The molecule has 1 aromatic rings. The summed E-state index contributed by atoms with van der Waals surface area (Å²) in [6.45, 7) is 2.25. The van der Waals surface area contributed by atoms with Gasteiger partial charge in [0.25, 0.3) is 0 Å². The highest BCUT2D eigenvalue weighted by Gasteiger charge is 2.42. The Morgan fingerprint density at radius 2 is 1.95 bits per heavy atom. The molecule has 0 aliphatic heterocycles. The first kappa shape index (κ1) is 15.5. The normalized spacial score (nSPS) is 17.2. The van der Waals surface area contributed by atoms with Crippen LogP contribution in [0.25, 0.3) is 0 Å². The van der Waals surface area contributed by atoms with E-state index in [0.717, 1.165) is 19.3 Å². The van der Waals surface area contributed by atoms with Gasteiger partial charge in [0.15, 0.2) is 11.5 Å². The third-order valence-corrected chi connectivity index (χ3v) is 4.21. The van der Waals surface area contributed by atoms with Crippen LogP contribution < -0.4 is 9.47 Å². The first-order valence-corrected chi connectivity index (χ1v) is 7.33. The zero-order valence-corrected chi connectivity index (χ0v) is 12.5. The van der Waals surface area contributed by atoms with E-state index in [1.807, 2.05) is 6.92 Å². The molecule has 5 nitrogen and oxygen atoms in total. The van der Waals surface area contributed by atoms with Gasteiger partial charge in [-0.25, -0.2) is 0 Å². The summed E-state index contributed by atoms with van der Waals surface area (Å²) in [6, 6.07) is 3.20. The molecule has 1 saturated carbocycles. The number of methoxy groups -OCH3 is 1. The van der Waals surface area contributed by atoms with Crippen molar-refractivity contribution in [3.63, 3.8) is 0 Å². The van der Waals surface area contributed by atoms with Crippen molar-refractivity contribution >= 4 is 5.97 Å². The van der Waals surface area contributed by atoms with Gasteiger partial charge in [0, 0.05) is 0 Å². The zero-order valence-electron chi connectivity index (χ0n) is 12.5. The molecule has 2 N–H and O–H groups in total. The van der Waals surface area contributed by atoms with Crippen molar-refractivity contribution in [3.05, 3.63) is 17.7 Å². The maximum Gasteiger partial charge on any atom is 0.314 e. The lowest BCUT2D eigenvalue weighted by atomic mass is 9.69. The van der Waals surface area contributed by atoms with E-state index in [9.17, 15) is 15.0 Å². The molecule has 1 aliphatic rings. The number of aromatic hydroxyl groups is 1. The standard InChI is InChI=1S/C16H22O5/c1-3-21-13-10-11(9-12(17)14(13)20-2)16(15(18)19)7-5-4-6-8-16/h9-10,17H,3-8H2,1-2H3,(H,18,19). The number of carbonyl (C=O) groups is 1. The lowest BCUT2D eigenvalue weighted by Crippen LogP contribution is -2.37. The topological polar surface area (TPSA) is 76.0 Å². The van der Waals surface area contributed by atoms with Gasteiger partial charge in [-0.1, -0.05) is 19.3 Å². The monoisotopic (exact) mass is 294 g/mol. The zero-order chi connectivity index (χ0) is 15.5. The van der Waals surface area contributed by atoms with E-state index >= 15 is 0 Å². The predicted octanol–water partition coefficient (Wildman–Crippen LogP) is 3.09. The van der Waals surface area contributed by atoms with Gasteiger partial charge in [-0.05, 0) is 37.5 Å². The molecule has 0 heterocycles. The Kier molecular flexibility index (Phi) is 4.60. The van der Waals surface area contributed by atoms with Crippen molar-refractivity contribution in [2.75, 3.05) is 13.7 Å². The van der Waals surface area contributed by atoms with Crippen LogP contribution in [0.5, 0.6) is 17.2 Å². The van der Waals surface area contributed by atoms with Crippen LogP contribution in [0.4, 0.5) is 0 Å². The molecule has 0 bridgehead atoms.